The molecule has 0 N–H and O–H groups in total. The van der Waals surface area contributed by atoms with Crippen molar-refractivity contribution in [1.82, 2.24) is 4.90 Å². The fourth-order valence-corrected chi connectivity index (χ4v) is 3.32. The Balaban J connectivity index is 1.53. The number of nitrogens with zero attached hydrogens (tertiary/aromatic N) is 1. The van der Waals surface area contributed by atoms with E-state index in [1.807, 2.05) is 24.4 Å². The Morgan fingerprint density at radius 3 is 3.12 bits per heavy atom. The van der Waals surface area contributed by atoms with E-state index in [1.54, 1.807) is 28.4 Å². The van der Waals surface area contributed by atoms with Gasteiger partial charge in [0.15, 0.2) is 11.6 Å². The Hall–Kier alpha value is -1.92. The molecule has 2 aromatic rings. The van der Waals surface area contributed by atoms with Crippen LogP contribution in [-0.2, 0) is 16.0 Å². The summed E-state index contributed by atoms with van der Waals surface area (Å²) in [5.41, 5.74) is 0.934. The molecular formula is C18H20FNO3S. The number of ether oxygens (including phenoxy) is 2. The molecule has 1 unspecified atom stereocenters. The molecule has 1 fully saturated rings. The molecule has 24 heavy (non-hydrogen) atoms. The lowest BCUT2D eigenvalue weighted by Gasteiger charge is -2.32. The van der Waals surface area contributed by atoms with Crippen molar-refractivity contribution in [3.8, 4) is 5.75 Å². The molecule has 0 aliphatic carbocycles. The SMILES string of the molecule is Cc1ccc(F)c(OCC2CN(C(=O)Cc3cccs3)CCO2)c1. The molecule has 1 aliphatic rings. The third-order valence-corrected chi connectivity index (χ3v) is 4.78. The highest BCUT2D eigenvalue weighted by molar-refractivity contribution is 7.10. The van der Waals surface area contributed by atoms with Gasteiger partial charge in [-0.3, -0.25) is 4.79 Å². The molecule has 0 radical (unpaired) electrons. The monoisotopic (exact) mass is 349 g/mol. The summed E-state index contributed by atoms with van der Waals surface area (Å²) in [5.74, 6) is -0.0739. The van der Waals surface area contributed by atoms with Gasteiger partial charge in [-0.15, -0.1) is 11.3 Å². The largest absolute Gasteiger partial charge is 0.488 e. The van der Waals surface area contributed by atoms with Crippen molar-refractivity contribution in [1.29, 1.82) is 0 Å². The summed E-state index contributed by atoms with van der Waals surface area (Å²) in [5, 5.41) is 1.97. The third kappa shape index (κ3) is 4.33. The van der Waals surface area contributed by atoms with Crippen LogP contribution in [0.4, 0.5) is 4.39 Å². The molecular weight excluding hydrogens is 329 g/mol. The Labute approximate surface area is 144 Å². The number of morpholine rings is 1. The fourth-order valence-electron chi connectivity index (χ4n) is 2.62. The molecule has 1 saturated heterocycles. The van der Waals surface area contributed by atoms with Crippen LogP contribution in [0.25, 0.3) is 0 Å². The zero-order valence-electron chi connectivity index (χ0n) is 13.5. The number of carbonyl (C=O) groups excluding carboxylic acids is 1. The maximum atomic E-state index is 13.7. The highest BCUT2D eigenvalue weighted by Crippen LogP contribution is 2.19. The van der Waals surface area contributed by atoms with Crippen molar-refractivity contribution in [3.63, 3.8) is 0 Å². The van der Waals surface area contributed by atoms with Crippen LogP contribution in [0.5, 0.6) is 5.75 Å². The zero-order chi connectivity index (χ0) is 16.9. The molecule has 0 saturated carbocycles. The van der Waals surface area contributed by atoms with Crippen LogP contribution in [0.15, 0.2) is 35.7 Å². The molecule has 0 bridgehead atoms. The minimum Gasteiger partial charge on any atom is -0.488 e. The molecule has 128 valence electrons. The van der Waals surface area contributed by atoms with E-state index in [2.05, 4.69) is 0 Å². The second kappa shape index (κ2) is 7.77. The van der Waals surface area contributed by atoms with Gasteiger partial charge >= 0.3 is 0 Å². The molecule has 2 heterocycles. The molecule has 1 aromatic carbocycles. The first-order valence-corrected chi connectivity index (χ1v) is 8.80. The number of benzene rings is 1. The summed E-state index contributed by atoms with van der Waals surface area (Å²) in [7, 11) is 0. The number of halogens is 1. The van der Waals surface area contributed by atoms with Gasteiger partial charge in [0.25, 0.3) is 0 Å². The zero-order valence-corrected chi connectivity index (χ0v) is 14.4. The van der Waals surface area contributed by atoms with Gasteiger partial charge in [0, 0.05) is 11.4 Å². The van der Waals surface area contributed by atoms with E-state index in [0.717, 1.165) is 10.4 Å². The van der Waals surface area contributed by atoms with Crippen molar-refractivity contribution in [3.05, 3.63) is 52.0 Å². The summed E-state index contributed by atoms with van der Waals surface area (Å²) in [4.78, 5) is 15.2. The van der Waals surface area contributed by atoms with Gasteiger partial charge in [-0.1, -0.05) is 12.1 Å². The van der Waals surface area contributed by atoms with Crippen molar-refractivity contribution >= 4 is 17.2 Å². The van der Waals surface area contributed by atoms with E-state index < -0.39 is 0 Å². The van der Waals surface area contributed by atoms with Crippen LogP contribution in [0.3, 0.4) is 0 Å². The quantitative estimate of drug-likeness (QED) is 0.833. The van der Waals surface area contributed by atoms with E-state index in [9.17, 15) is 9.18 Å². The van der Waals surface area contributed by atoms with Gasteiger partial charge in [-0.25, -0.2) is 4.39 Å². The van der Waals surface area contributed by atoms with Gasteiger partial charge in [0.1, 0.15) is 12.7 Å². The topological polar surface area (TPSA) is 38.8 Å². The van der Waals surface area contributed by atoms with Gasteiger partial charge in [-0.05, 0) is 36.1 Å². The highest BCUT2D eigenvalue weighted by atomic mass is 32.1. The van der Waals surface area contributed by atoms with Crippen LogP contribution in [0, 0.1) is 12.7 Å². The molecule has 1 aromatic heterocycles. The normalized spacial score (nSPS) is 17.8. The summed E-state index contributed by atoms with van der Waals surface area (Å²) in [6.45, 7) is 3.63. The van der Waals surface area contributed by atoms with Crippen molar-refractivity contribution in [2.24, 2.45) is 0 Å². The molecule has 3 rings (SSSR count). The summed E-state index contributed by atoms with van der Waals surface area (Å²) >= 11 is 1.58. The highest BCUT2D eigenvalue weighted by Gasteiger charge is 2.25. The van der Waals surface area contributed by atoms with E-state index in [-0.39, 0.29) is 30.2 Å². The van der Waals surface area contributed by atoms with Crippen LogP contribution < -0.4 is 4.74 Å². The smallest absolute Gasteiger partial charge is 0.227 e. The number of rotatable bonds is 5. The first kappa shape index (κ1) is 16.9. The average Bonchev–Trinajstić information content (AvgIpc) is 3.09. The number of hydrogen-bond donors (Lipinski definition) is 0. The lowest BCUT2D eigenvalue weighted by atomic mass is 10.2. The molecule has 1 atom stereocenters. The van der Waals surface area contributed by atoms with E-state index >= 15 is 0 Å². The maximum Gasteiger partial charge on any atom is 0.227 e. The molecule has 1 aliphatic heterocycles. The molecule has 1 amide bonds. The first-order valence-electron chi connectivity index (χ1n) is 7.92. The number of amides is 1. The summed E-state index contributed by atoms with van der Waals surface area (Å²) < 4.78 is 24.9. The predicted octanol–water partition coefficient (Wildman–Crippen LogP) is 3.04. The van der Waals surface area contributed by atoms with E-state index in [4.69, 9.17) is 9.47 Å². The molecule has 0 spiro atoms. The van der Waals surface area contributed by atoms with Crippen LogP contribution >= 0.6 is 11.3 Å². The second-order valence-corrected chi connectivity index (χ2v) is 6.87. The standard InChI is InChI=1S/C18H20FNO3S/c1-13-4-5-16(19)17(9-13)23-12-14-11-20(6-7-22-14)18(21)10-15-3-2-8-24-15/h2-5,8-9,14H,6-7,10-12H2,1H3. The Morgan fingerprint density at radius 1 is 1.46 bits per heavy atom. The Morgan fingerprint density at radius 2 is 2.33 bits per heavy atom. The number of carbonyl (C=O) groups is 1. The number of hydrogen-bond acceptors (Lipinski definition) is 4. The molecule has 6 heteroatoms. The summed E-state index contributed by atoms with van der Waals surface area (Å²) in [6.07, 6.45) is 0.170. The predicted molar refractivity (Wildman–Crippen MR) is 91.0 cm³/mol. The van der Waals surface area contributed by atoms with Crippen molar-refractivity contribution in [2.45, 2.75) is 19.4 Å². The minimum absolute atomic E-state index is 0.0903. The van der Waals surface area contributed by atoms with Crippen LogP contribution in [0.2, 0.25) is 0 Å². The van der Waals surface area contributed by atoms with Crippen molar-refractivity contribution < 1.29 is 18.7 Å². The van der Waals surface area contributed by atoms with E-state index in [1.165, 1.54) is 6.07 Å². The van der Waals surface area contributed by atoms with Gasteiger partial charge in [-0.2, -0.15) is 0 Å². The Kier molecular flexibility index (Phi) is 5.48. The maximum absolute atomic E-state index is 13.7. The average molecular weight is 349 g/mol. The number of thiophene rings is 1. The first-order chi connectivity index (χ1) is 11.6. The summed E-state index contributed by atoms with van der Waals surface area (Å²) in [6, 6.07) is 8.66. The molecule has 4 nitrogen and oxygen atoms in total. The van der Waals surface area contributed by atoms with Gasteiger partial charge in [0.2, 0.25) is 5.91 Å². The fraction of sp³-hybridized carbons (Fsp3) is 0.389. The van der Waals surface area contributed by atoms with Gasteiger partial charge in [0.05, 0.1) is 19.6 Å². The van der Waals surface area contributed by atoms with Crippen molar-refractivity contribution in [2.75, 3.05) is 26.3 Å². The Bertz CT molecular complexity index is 690. The lowest BCUT2D eigenvalue weighted by Crippen LogP contribution is -2.48. The number of aryl methyl sites for hydroxylation is 1. The third-order valence-electron chi connectivity index (χ3n) is 3.91. The van der Waals surface area contributed by atoms with E-state index in [0.29, 0.717) is 26.1 Å². The van der Waals surface area contributed by atoms with Crippen LogP contribution in [-0.4, -0.2) is 43.2 Å². The lowest BCUT2D eigenvalue weighted by molar-refractivity contribution is -0.139. The minimum atomic E-state index is -0.387. The second-order valence-electron chi connectivity index (χ2n) is 5.83. The van der Waals surface area contributed by atoms with Crippen LogP contribution in [0.1, 0.15) is 10.4 Å². The van der Waals surface area contributed by atoms with Gasteiger partial charge < -0.3 is 14.4 Å².